The van der Waals surface area contributed by atoms with E-state index >= 15 is 0 Å². The molecule has 2 aromatic rings. The number of nitrogens with two attached hydrogens (primary N) is 1. The second kappa shape index (κ2) is 10.8. The summed E-state index contributed by atoms with van der Waals surface area (Å²) in [6, 6.07) is 5.08. The van der Waals surface area contributed by atoms with E-state index in [0.29, 0.717) is 24.6 Å². The van der Waals surface area contributed by atoms with Gasteiger partial charge >= 0.3 is 11.9 Å². The Bertz CT molecular complexity index is 1150. The topological polar surface area (TPSA) is 203 Å². The first-order chi connectivity index (χ1) is 16.6. The molecule has 35 heavy (non-hydrogen) atoms. The largest absolute Gasteiger partial charge is 0.481 e. The first kappa shape index (κ1) is 25.3. The Morgan fingerprint density at radius 1 is 1.23 bits per heavy atom. The van der Waals surface area contributed by atoms with E-state index in [0.717, 1.165) is 5.69 Å². The van der Waals surface area contributed by atoms with Gasteiger partial charge in [0.2, 0.25) is 5.95 Å². The monoisotopic (exact) mass is 487 g/mol. The Morgan fingerprint density at radius 3 is 2.51 bits per heavy atom. The zero-order chi connectivity index (χ0) is 25.7. The SMILES string of the molecule is CC(C)N1c2c(nc(N)[nH]c2=O)NCC1CNc1ccc(C(=O)NC(CCC(=O)O)C(=O)O)cc1. The zero-order valence-corrected chi connectivity index (χ0v) is 19.4. The summed E-state index contributed by atoms with van der Waals surface area (Å²) in [6.07, 6.45) is -0.588. The molecule has 0 spiro atoms. The van der Waals surface area contributed by atoms with Crippen LogP contribution < -0.4 is 32.1 Å². The van der Waals surface area contributed by atoms with Crippen LogP contribution in [0.15, 0.2) is 29.1 Å². The van der Waals surface area contributed by atoms with Gasteiger partial charge in [-0.25, -0.2) is 4.79 Å². The van der Waals surface area contributed by atoms with Crippen LogP contribution in [0.3, 0.4) is 0 Å². The highest BCUT2D eigenvalue weighted by Crippen LogP contribution is 2.28. The van der Waals surface area contributed by atoms with E-state index in [2.05, 4.69) is 25.9 Å². The molecular weight excluding hydrogens is 458 g/mol. The molecule has 188 valence electrons. The van der Waals surface area contributed by atoms with Gasteiger partial charge in [-0.15, -0.1) is 0 Å². The maximum absolute atomic E-state index is 12.5. The molecule has 13 heteroatoms. The van der Waals surface area contributed by atoms with E-state index in [1.165, 1.54) is 0 Å². The van der Waals surface area contributed by atoms with Crippen molar-refractivity contribution in [1.82, 2.24) is 15.3 Å². The summed E-state index contributed by atoms with van der Waals surface area (Å²) in [4.78, 5) is 55.6. The Morgan fingerprint density at radius 2 is 1.91 bits per heavy atom. The molecule has 1 amide bonds. The van der Waals surface area contributed by atoms with Gasteiger partial charge in [0.05, 0.1) is 6.04 Å². The second-order valence-corrected chi connectivity index (χ2v) is 8.44. The molecule has 0 saturated heterocycles. The van der Waals surface area contributed by atoms with Crippen molar-refractivity contribution >= 4 is 41.0 Å². The highest BCUT2D eigenvalue weighted by Gasteiger charge is 2.31. The smallest absolute Gasteiger partial charge is 0.326 e. The number of benzene rings is 1. The van der Waals surface area contributed by atoms with Crippen molar-refractivity contribution in [3.05, 3.63) is 40.2 Å². The quantitative estimate of drug-likeness (QED) is 0.246. The lowest BCUT2D eigenvalue weighted by atomic mass is 10.1. The van der Waals surface area contributed by atoms with E-state index in [1.54, 1.807) is 24.3 Å². The minimum Gasteiger partial charge on any atom is -0.481 e. The molecule has 2 atom stereocenters. The third kappa shape index (κ3) is 6.19. The summed E-state index contributed by atoms with van der Waals surface area (Å²) in [7, 11) is 0. The number of nitrogens with zero attached hydrogens (tertiary/aromatic N) is 2. The predicted octanol–water partition coefficient (Wildman–Crippen LogP) is 0.521. The van der Waals surface area contributed by atoms with Crippen LogP contribution in [0, 0.1) is 0 Å². The van der Waals surface area contributed by atoms with Gasteiger partial charge in [-0.2, -0.15) is 4.98 Å². The molecule has 0 radical (unpaired) electrons. The number of carbonyl (C=O) groups is 3. The van der Waals surface area contributed by atoms with Gasteiger partial charge in [0.15, 0.2) is 5.82 Å². The lowest BCUT2D eigenvalue weighted by molar-refractivity contribution is -0.140. The first-order valence-corrected chi connectivity index (χ1v) is 11.1. The number of aromatic amines is 1. The van der Waals surface area contributed by atoms with Crippen molar-refractivity contribution in [1.29, 1.82) is 0 Å². The van der Waals surface area contributed by atoms with E-state index in [4.69, 9.17) is 10.8 Å². The Balaban J connectivity index is 1.64. The van der Waals surface area contributed by atoms with Gasteiger partial charge in [0, 0.05) is 36.8 Å². The zero-order valence-electron chi connectivity index (χ0n) is 19.4. The highest BCUT2D eigenvalue weighted by atomic mass is 16.4. The fourth-order valence-corrected chi connectivity index (χ4v) is 3.93. The fraction of sp³-hybridized carbons (Fsp3) is 0.409. The van der Waals surface area contributed by atoms with Gasteiger partial charge in [0.25, 0.3) is 11.5 Å². The molecule has 1 aliphatic rings. The van der Waals surface area contributed by atoms with Gasteiger partial charge in [-0.05, 0) is 44.5 Å². The van der Waals surface area contributed by atoms with Crippen LogP contribution in [-0.2, 0) is 9.59 Å². The van der Waals surface area contributed by atoms with Crippen LogP contribution in [0.1, 0.15) is 37.0 Å². The summed E-state index contributed by atoms with van der Waals surface area (Å²) >= 11 is 0. The van der Waals surface area contributed by atoms with Crippen molar-refractivity contribution in [3.63, 3.8) is 0 Å². The fourth-order valence-electron chi connectivity index (χ4n) is 3.93. The molecule has 0 fully saturated rings. The third-order valence-electron chi connectivity index (χ3n) is 5.57. The van der Waals surface area contributed by atoms with E-state index in [1.807, 2.05) is 18.7 Å². The van der Waals surface area contributed by atoms with E-state index in [-0.39, 0.29) is 42.0 Å². The molecule has 13 nitrogen and oxygen atoms in total. The summed E-state index contributed by atoms with van der Waals surface area (Å²) in [5, 5.41) is 26.7. The van der Waals surface area contributed by atoms with Crippen LogP contribution in [0.4, 0.5) is 23.1 Å². The van der Waals surface area contributed by atoms with Gasteiger partial charge < -0.3 is 36.8 Å². The normalized spacial score (nSPS) is 15.6. The molecule has 1 aromatic heterocycles. The lowest BCUT2D eigenvalue weighted by Gasteiger charge is -2.41. The molecule has 1 aromatic carbocycles. The number of rotatable bonds is 10. The van der Waals surface area contributed by atoms with E-state index < -0.39 is 23.9 Å². The average molecular weight is 488 g/mol. The molecule has 8 N–H and O–H groups in total. The van der Waals surface area contributed by atoms with Crippen molar-refractivity contribution in [2.75, 3.05) is 34.4 Å². The number of anilines is 4. The van der Waals surface area contributed by atoms with Crippen molar-refractivity contribution in [3.8, 4) is 0 Å². The number of nitrogens with one attached hydrogen (secondary N) is 4. The van der Waals surface area contributed by atoms with E-state index in [9.17, 15) is 24.3 Å². The molecule has 1 aliphatic heterocycles. The van der Waals surface area contributed by atoms with Crippen LogP contribution in [-0.4, -0.2) is 69.2 Å². The Kier molecular flexibility index (Phi) is 7.79. The second-order valence-electron chi connectivity index (χ2n) is 8.44. The van der Waals surface area contributed by atoms with Gasteiger partial charge in [-0.1, -0.05) is 0 Å². The third-order valence-corrected chi connectivity index (χ3v) is 5.57. The van der Waals surface area contributed by atoms with Crippen molar-refractivity contribution in [2.45, 2.75) is 44.8 Å². The molecule has 2 unspecified atom stereocenters. The Labute approximate surface area is 200 Å². The van der Waals surface area contributed by atoms with Crippen LogP contribution in [0.2, 0.25) is 0 Å². The average Bonchev–Trinajstić information content (AvgIpc) is 2.79. The number of nitrogen functional groups attached to an aromatic ring is 1. The number of hydrogen-bond acceptors (Lipinski definition) is 9. The minimum atomic E-state index is -1.30. The number of hydrogen-bond donors (Lipinski definition) is 7. The maximum atomic E-state index is 12.5. The number of amides is 1. The number of carbonyl (C=O) groups excluding carboxylic acids is 1. The number of carboxylic acids is 2. The maximum Gasteiger partial charge on any atom is 0.326 e. The van der Waals surface area contributed by atoms with Gasteiger partial charge in [0.1, 0.15) is 11.7 Å². The summed E-state index contributed by atoms with van der Waals surface area (Å²) in [5.74, 6) is -2.57. The van der Waals surface area contributed by atoms with Crippen molar-refractivity contribution < 1.29 is 24.6 Å². The summed E-state index contributed by atoms with van der Waals surface area (Å²) < 4.78 is 0. The molecule has 0 aliphatic carbocycles. The molecule has 2 heterocycles. The highest BCUT2D eigenvalue weighted by molar-refractivity contribution is 5.97. The summed E-state index contributed by atoms with van der Waals surface area (Å²) in [6.45, 7) is 4.97. The Hall–Kier alpha value is -4.29. The first-order valence-electron chi connectivity index (χ1n) is 11.1. The molecule has 0 saturated carbocycles. The predicted molar refractivity (Wildman–Crippen MR) is 130 cm³/mol. The number of aromatic nitrogens is 2. The lowest BCUT2D eigenvalue weighted by Crippen LogP contribution is -2.53. The van der Waals surface area contributed by atoms with Crippen molar-refractivity contribution in [2.24, 2.45) is 0 Å². The number of fused-ring (bicyclic) bond motifs is 1. The standard InChI is InChI=1S/C22H29N7O6/c1-11(2)29-14(10-25-18-17(29)20(33)28-22(23)27-18)9-24-13-5-3-12(4-6-13)19(32)26-15(21(34)35)7-8-16(30)31/h3-6,11,14-15,24H,7-10H2,1-2H3,(H,26,32)(H,30,31)(H,34,35)(H4,23,25,27,28,33). The number of carboxylic acid groups (broad SMARTS) is 2. The molecular formula is C22H29N7O6. The molecule has 3 rings (SSSR count). The summed E-state index contributed by atoms with van der Waals surface area (Å²) in [5.41, 5.74) is 6.72. The van der Waals surface area contributed by atoms with Gasteiger partial charge in [-0.3, -0.25) is 19.4 Å². The number of H-pyrrole nitrogens is 1. The number of aliphatic carboxylic acids is 2. The minimum absolute atomic E-state index is 0.0172. The van der Waals surface area contributed by atoms with Crippen LogP contribution >= 0.6 is 0 Å². The molecule has 0 bridgehead atoms. The van der Waals surface area contributed by atoms with Crippen LogP contribution in [0.5, 0.6) is 0 Å². The van der Waals surface area contributed by atoms with Crippen LogP contribution in [0.25, 0.3) is 0 Å².